The lowest BCUT2D eigenvalue weighted by molar-refractivity contribution is -0.140. The highest BCUT2D eigenvalue weighted by Gasteiger charge is 2.51. The molecule has 1 aliphatic rings. The summed E-state index contributed by atoms with van der Waals surface area (Å²) < 4.78 is 0. The average Bonchev–Trinajstić information content (AvgIpc) is 3.09. The second-order valence-corrected chi connectivity index (χ2v) is 4.30. The number of benzene rings is 1. The molecule has 0 amide bonds. The second kappa shape index (κ2) is 3.04. The van der Waals surface area contributed by atoms with Crippen LogP contribution in [-0.2, 0) is 10.2 Å². The summed E-state index contributed by atoms with van der Waals surface area (Å²) in [6.45, 7) is 0. The molecule has 3 rings (SSSR count). The molecule has 0 spiro atoms. The molecule has 16 heavy (non-hydrogen) atoms. The van der Waals surface area contributed by atoms with Crippen LogP contribution in [0.1, 0.15) is 18.4 Å². The van der Waals surface area contributed by atoms with Crippen molar-refractivity contribution in [2.24, 2.45) is 0 Å². The molecule has 3 heteroatoms. The molecule has 80 valence electrons. The second-order valence-electron chi connectivity index (χ2n) is 4.30. The molecule has 1 heterocycles. The van der Waals surface area contributed by atoms with Crippen molar-refractivity contribution >= 4 is 16.9 Å². The van der Waals surface area contributed by atoms with Gasteiger partial charge in [0.2, 0.25) is 0 Å². The van der Waals surface area contributed by atoms with E-state index >= 15 is 0 Å². The van der Waals surface area contributed by atoms with Gasteiger partial charge < -0.3 is 5.11 Å². The SMILES string of the molecule is O=C(O)C1(c2ccc3ncccc3c2)CC1. The molecule has 1 saturated carbocycles. The number of carboxylic acid groups (broad SMARTS) is 1. The zero-order valence-corrected chi connectivity index (χ0v) is 8.68. The molecule has 1 aliphatic carbocycles. The maximum Gasteiger partial charge on any atom is 0.314 e. The molecule has 0 saturated heterocycles. The highest BCUT2D eigenvalue weighted by Crippen LogP contribution is 2.48. The molecular formula is C13H11NO2. The van der Waals surface area contributed by atoms with Crippen LogP contribution in [-0.4, -0.2) is 16.1 Å². The lowest BCUT2D eigenvalue weighted by Crippen LogP contribution is -2.19. The van der Waals surface area contributed by atoms with Crippen molar-refractivity contribution in [1.82, 2.24) is 4.98 Å². The van der Waals surface area contributed by atoms with Gasteiger partial charge in [0.1, 0.15) is 0 Å². The van der Waals surface area contributed by atoms with Gasteiger partial charge in [0.15, 0.2) is 0 Å². The van der Waals surface area contributed by atoms with Gasteiger partial charge >= 0.3 is 5.97 Å². The maximum atomic E-state index is 11.2. The van der Waals surface area contributed by atoms with E-state index in [1.807, 2.05) is 30.3 Å². The number of hydrogen-bond donors (Lipinski definition) is 1. The summed E-state index contributed by atoms with van der Waals surface area (Å²) in [5.74, 6) is -0.712. The molecule has 0 unspecified atom stereocenters. The minimum atomic E-state index is -0.712. The van der Waals surface area contributed by atoms with Crippen LogP contribution < -0.4 is 0 Å². The molecule has 2 aromatic rings. The van der Waals surface area contributed by atoms with Crippen LogP contribution in [0, 0.1) is 0 Å². The maximum absolute atomic E-state index is 11.2. The zero-order chi connectivity index (χ0) is 11.2. The van der Waals surface area contributed by atoms with Crippen LogP contribution in [0.3, 0.4) is 0 Å². The van der Waals surface area contributed by atoms with Gasteiger partial charge in [0, 0.05) is 11.6 Å². The van der Waals surface area contributed by atoms with Gasteiger partial charge in [0.25, 0.3) is 0 Å². The number of hydrogen-bond acceptors (Lipinski definition) is 2. The topological polar surface area (TPSA) is 50.2 Å². The molecule has 0 radical (unpaired) electrons. The van der Waals surface area contributed by atoms with Gasteiger partial charge in [-0.25, -0.2) is 0 Å². The number of carboxylic acids is 1. The van der Waals surface area contributed by atoms with Gasteiger partial charge in [-0.05, 0) is 36.6 Å². The number of nitrogens with zero attached hydrogens (tertiary/aromatic N) is 1. The largest absolute Gasteiger partial charge is 0.481 e. The van der Waals surface area contributed by atoms with E-state index in [-0.39, 0.29) is 0 Å². The van der Waals surface area contributed by atoms with Crippen molar-refractivity contribution < 1.29 is 9.90 Å². The first kappa shape index (κ1) is 9.33. The number of pyridine rings is 1. The monoisotopic (exact) mass is 213 g/mol. The Hall–Kier alpha value is -1.90. The van der Waals surface area contributed by atoms with E-state index in [4.69, 9.17) is 0 Å². The van der Waals surface area contributed by atoms with E-state index in [0.29, 0.717) is 0 Å². The summed E-state index contributed by atoms with van der Waals surface area (Å²) in [5, 5.41) is 10.2. The normalized spacial score (nSPS) is 17.2. The van der Waals surface area contributed by atoms with Crippen molar-refractivity contribution in [2.45, 2.75) is 18.3 Å². The minimum Gasteiger partial charge on any atom is -0.481 e. The van der Waals surface area contributed by atoms with Crippen molar-refractivity contribution in [1.29, 1.82) is 0 Å². The molecule has 3 nitrogen and oxygen atoms in total. The lowest BCUT2D eigenvalue weighted by Gasteiger charge is -2.10. The fourth-order valence-electron chi connectivity index (χ4n) is 2.12. The zero-order valence-electron chi connectivity index (χ0n) is 8.68. The molecule has 1 aromatic heterocycles. The molecule has 1 aromatic carbocycles. The first-order valence-electron chi connectivity index (χ1n) is 5.31. The van der Waals surface area contributed by atoms with E-state index in [0.717, 1.165) is 29.3 Å². The summed E-state index contributed by atoms with van der Waals surface area (Å²) in [6, 6.07) is 9.56. The number of aliphatic carboxylic acids is 1. The predicted molar refractivity (Wildman–Crippen MR) is 60.3 cm³/mol. The van der Waals surface area contributed by atoms with Crippen LogP contribution in [0.4, 0.5) is 0 Å². The van der Waals surface area contributed by atoms with Crippen LogP contribution >= 0.6 is 0 Å². The van der Waals surface area contributed by atoms with Crippen molar-refractivity contribution in [3.05, 3.63) is 42.1 Å². The molecule has 0 atom stereocenters. The van der Waals surface area contributed by atoms with Crippen molar-refractivity contribution in [2.75, 3.05) is 0 Å². The average molecular weight is 213 g/mol. The predicted octanol–water partition coefficient (Wildman–Crippen LogP) is 2.35. The van der Waals surface area contributed by atoms with Crippen molar-refractivity contribution in [3.8, 4) is 0 Å². The van der Waals surface area contributed by atoms with Crippen LogP contribution in [0.25, 0.3) is 10.9 Å². The number of fused-ring (bicyclic) bond motifs is 1. The third kappa shape index (κ3) is 1.21. The first-order valence-corrected chi connectivity index (χ1v) is 5.31. The number of aromatic nitrogens is 1. The Morgan fingerprint density at radius 1 is 1.31 bits per heavy atom. The third-order valence-electron chi connectivity index (χ3n) is 3.31. The van der Waals surface area contributed by atoms with Crippen molar-refractivity contribution in [3.63, 3.8) is 0 Å². The number of carbonyl (C=O) groups is 1. The van der Waals surface area contributed by atoms with Crippen LogP contribution in [0.2, 0.25) is 0 Å². The van der Waals surface area contributed by atoms with Gasteiger partial charge in [-0.2, -0.15) is 0 Å². The van der Waals surface area contributed by atoms with E-state index in [1.54, 1.807) is 6.20 Å². The van der Waals surface area contributed by atoms with E-state index in [1.165, 1.54) is 0 Å². The summed E-state index contributed by atoms with van der Waals surface area (Å²) in [5.41, 5.74) is 1.19. The molecular weight excluding hydrogens is 202 g/mol. The van der Waals surface area contributed by atoms with Gasteiger partial charge in [-0.3, -0.25) is 9.78 Å². The van der Waals surface area contributed by atoms with Gasteiger partial charge in [-0.1, -0.05) is 12.1 Å². The third-order valence-corrected chi connectivity index (χ3v) is 3.31. The Balaban J connectivity index is 2.16. The standard InChI is InChI=1S/C13H11NO2/c15-12(16)13(5-6-13)10-3-4-11-9(8-10)2-1-7-14-11/h1-4,7-8H,5-6H2,(H,15,16). The number of rotatable bonds is 2. The summed E-state index contributed by atoms with van der Waals surface area (Å²) in [7, 11) is 0. The summed E-state index contributed by atoms with van der Waals surface area (Å²) in [4.78, 5) is 15.4. The first-order chi connectivity index (χ1) is 7.72. The Morgan fingerprint density at radius 3 is 2.81 bits per heavy atom. The quantitative estimate of drug-likeness (QED) is 0.833. The van der Waals surface area contributed by atoms with E-state index in [2.05, 4.69) is 4.98 Å². The smallest absolute Gasteiger partial charge is 0.314 e. The van der Waals surface area contributed by atoms with Crippen LogP contribution in [0.15, 0.2) is 36.5 Å². The van der Waals surface area contributed by atoms with Gasteiger partial charge in [-0.15, -0.1) is 0 Å². The van der Waals surface area contributed by atoms with E-state index < -0.39 is 11.4 Å². The Bertz CT molecular complexity index is 573. The molecule has 1 fully saturated rings. The van der Waals surface area contributed by atoms with E-state index in [9.17, 15) is 9.90 Å². The highest BCUT2D eigenvalue weighted by atomic mass is 16.4. The van der Waals surface area contributed by atoms with Crippen LogP contribution in [0.5, 0.6) is 0 Å². The highest BCUT2D eigenvalue weighted by molar-refractivity contribution is 5.88. The molecule has 0 aliphatic heterocycles. The lowest BCUT2D eigenvalue weighted by atomic mass is 9.95. The fraction of sp³-hybridized carbons (Fsp3) is 0.231. The summed E-state index contributed by atoms with van der Waals surface area (Å²) >= 11 is 0. The Labute approximate surface area is 92.7 Å². The fourth-order valence-corrected chi connectivity index (χ4v) is 2.12. The Kier molecular flexibility index (Phi) is 1.78. The molecule has 0 bridgehead atoms. The van der Waals surface area contributed by atoms with Gasteiger partial charge in [0.05, 0.1) is 10.9 Å². The minimum absolute atomic E-state index is 0.621. The summed E-state index contributed by atoms with van der Waals surface area (Å²) in [6.07, 6.45) is 3.23. The molecule has 1 N–H and O–H groups in total. The Morgan fingerprint density at radius 2 is 2.12 bits per heavy atom.